The largest absolute Gasteiger partial charge is 0.490 e. The summed E-state index contributed by atoms with van der Waals surface area (Å²) in [5, 5.41) is 0. The number of hydrogen-bond acceptors (Lipinski definition) is 8. The number of hydrogen-bond donors (Lipinski definition) is 0. The van der Waals surface area contributed by atoms with Gasteiger partial charge in [0, 0.05) is 11.1 Å². The molecule has 8 heteroatoms. The summed E-state index contributed by atoms with van der Waals surface area (Å²) in [6, 6.07) is 27.4. The van der Waals surface area contributed by atoms with Gasteiger partial charge in [0.1, 0.15) is 49.4 Å². The van der Waals surface area contributed by atoms with Crippen LogP contribution in [-0.2, 0) is 25.5 Å². The molecule has 8 nitrogen and oxygen atoms in total. The van der Waals surface area contributed by atoms with Crippen LogP contribution in [0.4, 0.5) is 0 Å². The van der Waals surface area contributed by atoms with Gasteiger partial charge in [0.2, 0.25) is 0 Å². The number of ether oxygens (including phenoxy) is 6. The normalized spacial score (nSPS) is 11.9. The molecular weight excluding hydrogens is 644 g/mol. The fraction of sp³-hybridized carbons (Fsp3) is 0.302. The molecule has 2 unspecified atom stereocenters. The van der Waals surface area contributed by atoms with Gasteiger partial charge in [-0.25, -0.2) is 9.59 Å². The lowest BCUT2D eigenvalue weighted by atomic mass is 10.0. The van der Waals surface area contributed by atoms with Gasteiger partial charge in [0.05, 0.1) is 0 Å². The minimum atomic E-state index is -0.631. The Morgan fingerprint density at radius 2 is 0.784 bits per heavy atom. The summed E-state index contributed by atoms with van der Waals surface area (Å²) in [5.74, 6) is 1.72. The van der Waals surface area contributed by atoms with Crippen molar-refractivity contribution in [2.45, 2.75) is 60.2 Å². The quantitative estimate of drug-likeness (QED) is 0.0759. The predicted molar refractivity (Wildman–Crippen MR) is 199 cm³/mol. The van der Waals surface area contributed by atoms with Crippen molar-refractivity contribution in [1.82, 2.24) is 0 Å². The molecule has 0 fully saturated rings. The Bertz CT molecular complexity index is 1630. The van der Waals surface area contributed by atoms with Crippen LogP contribution in [0.1, 0.15) is 47.2 Å². The molecule has 0 heterocycles. The predicted octanol–water partition coefficient (Wildman–Crippen LogP) is 8.40. The SMILES string of the molecule is C=C(C)C(=O)OC(COc1ccc(Cc2ccc(OCC(COc3cc(C)cc(C)c3)OC(=O)C(=C)C)cc2)cc1)COc1cc(C)cc(C)c1. The van der Waals surface area contributed by atoms with E-state index in [0.29, 0.717) is 40.6 Å². The molecule has 0 N–H and O–H groups in total. The molecule has 0 spiro atoms. The van der Waals surface area contributed by atoms with E-state index in [1.165, 1.54) is 0 Å². The van der Waals surface area contributed by atoms with E-state index in [9.17, 15) is 9.59 Å². The van der Waals surface area contributed by atoms with Gasteiger partial charge in [0.15, 0.2) is 12.2 Å². The summed E-state index contributed by atoms with van der Waals surface area (Å²) in [6.45, 7) is 19.1. The maximum absolute atomic E-state index is 12.3. The minimum absolute atomic E-state index is 0.121. The summed E-state index contributed by atoms with van der Waals surface area (Å²) in [7, 11) is 0. The summed E-state index contributed by atoms with van der Waals surface area (Å²) >= 11 is 0. The Labute approximate surface area is 301 Å². The number of carbonyl (C=O) groups is 2. The van der Waals surface area contributed by atoms with Crippen LogP contribution in [0.2, 0.25) is 0 Å². The van der Waals surface area contributed by atoms with Crippen molar-refractivity contribution >= 4 is 11.9 Å². The summed E-state index contributed by atoms with van der Waals surface area (Å²) in [5.41, 5.74) is 7.15. The lowest BCUT2D eigenvalue weighted by Crippen LogP contribution is -2.31. The zero-order valence-electron chi connectivity index (χ0n) is 30.5. The summed E-state index contributed by atoms with van der Waals surface area (Å²) in [6.07, 6.45) is -0.561. The van der Waals surface area contributed by atoms with E-state index in [1.54, 1.807) is 13.8 Å². The topological polar surface area (TPSA) is 89.5 Å². The van der Waals surface area contributed by atoms with Gasteiger partial charge in [-0.3, -0.25) is 0 Å². The first-order valence-electron chi connectivity index (χ1n) is 16.9. The number of rotatable bonds is 18. The van der Waals surface area contributed by atoms with E-state index in [1.807, 2.05) is 100 Å². The van der Waals surface area contributed by atoms with Crippen LogP contribution in [-0.4, -0.2) is 50.6 Å². The van der Waals surface area contributed by atoms with Crippen molar-refractivity contribution in [2.75, 3.05) is 26.4 Å². The Kier molecular flexibility index (Phi) is 13.9. The van der Waals surface area contributed by atoms with Crippen molar-refractivity contribution in [1.29, 1.82) is 0 Å². The average Bonchev–Trinajstić information content (AvgIpc) is 3.07. The first kappa shape index (κ1) is 38.3. The second-order valence-electron chi connectivity index (χ2n) is 13.0. The van der Waals surface area contributed by atoms with Crippen molar-refractivity contribution in [2.24, 2.45) is 0 Å². The minimum Gasteiger partial charge on any atom is -0.490 e. The van der Waals surface area contributed by atoms with Gasteiger partial charge in [0.25, 0.3) is 0 Å². The van der Waals surface area contributed by atoms with Gasteiger partial charge in [-0.05, 0) is 130 Å². The second-order valence-corrected chi connectivity index (χ2v) is 13.0. The molecule has 4 aromatic carbocycles. The molecular formula is C43H48O8. The molecule has 0 aliphatic rings. The van der Waals surface area contributed by atoms with Gasteiger partial charge in [-0.1, -0.05) is 49.6 Å². The molecule has 0 bridgehead atoms. The third-order valence-corrected chi connectivity index (χ3v) is 7.63. The fourth-order valence-electron chi connectivity index (χ4n) is 5.17. The van der Waals surface area contributed by atoms with Gasteiger partial charge in [-0.15, -0.1) is 0 Å². The highest BCUT2D eigenvalue weighted by atomic mass is 16.6. The van der Waals surface area contributed by atoms with E-state index in [2.05, 4.69) is 25.3 Å². The molecule has 0 aliphatic heterocycles. The smallest absolute Gasteiger partial charge is 0.333 e. The Morgan fingerprint density at radius 1 is 0.490 bits per heavy atom. The highest BCUT2D eigenvalue weighted by Crippen LogP contribution is 2.21. The van der Waals surface area contributed by atoms with E-state index in [0.717, 1.165) is 33.4 Å². The summed E-state index contributed by atoms with van der Waals surface area (Å²) in [4.78, 5) is 24.6. The molecule has 0 amide bonds. The molecule has 4 rings (SSSR count). The van der Waals surface area contributed by atoms with Gasteiger partial charge >= 0.3 is 11.9 Å². The third kappa shape index (κ3) is 13.0. The van der Waals surface area contributed by atoms with Crippen LogP contribution in [0.3, 0.4) is 0 Å². The third-order valence-electron chi connectivity index (χ3n) is 7.63. The zero-order chi connectivity index (χ0) is 36.9. The van der Waals surface area contributed by atoms with Gasteiger partial charge < -0.3 is 28.4 Å². The molecule has 0 saturated heterocycles. The Hall–Kier alpha value is -5.50. The summed E-state index contributed by atoms with van der Waals surface area (Å²) < 4.78 is 35.1. The van der Waals surface area contributed by atoms with Crippen LogP contribution < -0.4 is 18.9 Å². The van der Waals surface area contributed by atoms with Crippen LogP contribution in [0, 0.1) is 27.7 Å². The maximum Gasteiger partial charge on any atom is 0.333 e. The van der Waals surface area contributed by atoms with E-state index < -0.39 is 24.1 Å². The molecule has 2 atom stereocenters. The lowest BCUT2D eigenvalue weighted by molar-refractivity contribution is -0.148. The van der Waals surface area contributed by atoms with Crippen LogP contribution >= 0.6 is 0 Å². The number of aryl methyl sites for hydroxylation is 4. The Morgan fingerprint density at radius 3 is 1.08 bits per heavy atom. The van der Waals surface area contributed by atoms with Crippen LogP contribution in [0.5, 0.6) is 23.0 Å². The molecule has 0 aliphatic carbocycles. The van der Waals surface area contributed by atoms with Crippen molar-refractivity contribution in [3.05, 3.63) is 143 Å². The Balaban J connectivity index is 1.29. The number of esters is 2. The average molecular weight is 693 g/mol. The van der Waals surface area contributed by atoms with Crippen molar-refractivity contribution in [3.63, 3.8) is 0 Å². The van der Waals surface area contributed by atoms with Crippen molar-refractivity contribution in [3.8, 4) is 23.0 Å². The first-order chi connectivity index (χ1) is 24.3. The molecule has 0 radical (unpaired) electrons. The zero-order valence-corrected chi connectivity index (χ0v) is 30.5. The molecule has 4 aromatic rings. The van der Waals surface area contributed by atoms with Crippen LogP contribution in [0.25, 0.3) is 0 Å². The lowest BCUT2D eigenvalue weighted by Gasteiger charge is -2.20. The maximum atomic E-state index is 12.3. The highest BCUT2D eigenvalue weighted by Gasteiger charge is 2.19. The number of benzene rings is 4. The van der Waals surface area contributed by atoms with Gasteiger partial charge in [-0.2, -0.15) is 0 Å². The van der Waals surface area contributed by atoms with Crippen LogP contribution in [0.15, 0.2) is 109 Å². The monoisotopic (exact) mass is 692 g/mol. The fourth-order valence-corrected chi connectivity index (χ4v) is 5.17. The molecule has 268 valence electrons. The standard InChI is InChI=1S/C43H48O8/c1-28(2)42(44)50-40(26-48-38-19-30(5)17-31(6)20-38)24-46-36-13-9-34(10-14-36)23-35-11-15-37(16-12-35)47-25-41(51-43(45)29(3)4)27-49-39-21-32(7)18-33(8)22-39/h9-22,40-41H,1,3,23-27H2,2,4-8H3. The second kappa shape index (κ2) is 18.5. The van der Waals surface area contributed by atoms with Crippen molar-refractivity contribution < 1.29 is 38.0 Å². The molecule has 0 aromatic heterocycles. The van der Waals surface area contributed by atoms with E-state index in [4.69, 9.17) is 28.4 Å². The van der Waals surface area contributed by atoms with E-state index in [-0.39, 0.29) is 26.4 Å². The van der Waals surface area contributed by atoms with E-state index >= 15 is 0 Å². The molecule has 0 saturated carbocycles. The first-order valence-corrected chi connectivity index (χ1v) is 16.9. The molecule has 51 heavy (non-hydrogen) atoms. The number of carbonyl (C=O) groups excluding carboxylic acids is 2. The highest BCUT2D eigenvalue weighted by molar-refractivity contribution is 5.87.